The average Bonchev–Trinajstić information content (AvgIpc) is 3.01. The topological polar surface area (TPSA) is 63.6 Å². The van der Waals surface area contributed by atoms with E-state index in [4.69, 9.17) is 19.9 Å². The Kier molecular flexibility index (Phi) is 5.67. The van der Waals surface area contributed by atoms with E-state index in [1.54, 1.807) is 0 Å². The smallest absolute Gasteiger partial charge is 0.179 e. The quantitative estimate of drug-likeness (QED) is 0.251. The van der Waals surface area contributed by atoms with E-state index in [-0.39, 0.29) is 6.04 Å². The highest BCUT2D eigenvalue weighted by Gasteiger charge is 2.17. The number of nitrogens with zero attached hydrogens (tertiary/aromatic N) is 4. The van der Waals surface area contributed by atoms with Crippen LogP contribution in [0.5, 0.6) is 0 Å². The molecular weight excluding hydrogens is 478 g/mol. The van der Waals surface area contributed by atoms with Crippen molar-refractivity contribution in [2.75, 3.05) is 0 Å². The maximum atomic E-state index is 5.13. The number of benzene rings is 3. The molecule has 1 unspecified atom stereocenters. The minimum absolute atomic E-state index is 0.0433. The van der Waals surface area contributed by atoms with Crippen molar-refractivity contribution in [2.24, 2.45) is 0 Å². The molecule has 0 saturated carbocycles. The second-order valence-electron chi connectivity index (χ2n) is 9.66. The van der Waals surface area contributed by atoms with Gasteiger partial charge < -0.3 is 5.32 Å². The number of dihydropyridines is 1. The van der Waals surface area contributed by atoms with Crippen LogP contribution in [0.25, 0.3) is 55.7 Å². The summed E-state index contributed by atoms with van der Waals surface area (Å²) in [4.78, 5) is 20.0. The number of pyridine rings is 2. The number of allylic oxidation sites excluding steroid dienone is 2. The van der Waals surface area contributed by atoms with Crippen LogP contribution < -0.4 is 5.32 Å². The number of aryl methyl sites for hydroxylation is 1. The van der Waals surface area contributed by atoms with Crippen LogP contribution in [0.4, 0.5) is 0 Å². The molecule has 0 saturated heterocycles. The lowest BCUT2D eigenvalue weighted by Crippen LogP contribution is -2.17. The van der Waals surface area contributed by atoms with Gasteiger partial charge in [0.25, 0.3) is 0 Å². The molecule has 1 atom stereocenters. The van der Waals surface area contributed by atoms with E-state index < -0.39 is 0 Å². The van der Waals surface area contributed by atoms with Crippen molar-refractivity contribution in [1.82, 2.24) is 25.3 Å². The summed E-state index contributed by atoms with van der Waals surface area (Å²) in [5.74, 6) is 0.589. The SMILES string of the molecule is Cc1cc(-c2ccccc2)c2ccc3ccc(-c4nc(-c5ccccc5)cc(C5C=CC=CN5)n4)nc3c2n1. The molecule has 0 radical (unpaired) electrons. The van der Waals surface area contributed by atoms with Crippen LogP contribution in [0.3, 0.4) is 0 Å². The molecule has 39 heavy (non-hydrogen) atoms. The first-order valence-corrected chi connectivity index (χ1v) is 13.0. The van der Waals surface area contributed by atoms with Crippen LogP contribution in [0.15, 0.2) is 121 Å². The summed E-state index contributed by atoms with van der Waals surface area (Å²) in [7, 11) is 0. The monoisotopic (exact) mass is 503 g/mol. The summed E-state index contributed by atoms with van der Waals surface area (Å²) < 4.78 is 0. The van der Waals surface area contributed by atoms with Crippen LogP contribution in [0.2, 0.25) is 0 Å². The Hall–Kier alpha value is -5.16. The Balaban J connectivity index is 1.43. The van der Waals surface area contributed by atoms with Crippen LogP contribution in [0.1, 0.15) is 17.4 Å². The fraction of sp³-hybridized carbons (Fsp3) is 0.0588. The number of rotatable bonds is 4. The molecular formula is C34H25N5. The van der Waals surface area contributed by atoms with Gasteiger partial charge in [-0.1, -0.05) is 91.0 Å². The summed E-state index contributed by atoms with van der Waals surface area (Å²) in [6.07, 6.45) is 8.04. The van der Waals surface area contributed by atoms with Gasteiger partial charge in [-0.15, -0.1) is 0 Å². The van der Waals surface area contributed by atoms with Gasteiger partial charge in [-0.25, -0.2) is 15.0 Å². The predicted octanol–water partition coefficient (Wildman–Crippen LogP) is 7.60. The number of hydrogen-bond donors (Lipinski definition) is 1. The van der Waals surface area contributed by atoms with E-state index in [0.29, 0.717) is 11.5 Å². The third kappa shape index (κ3) is 4.34. The molecule has 0 bridgehead atoms. The Morgan fingerprint density at radius 3 is 2.18 bits per heavy atom. The highest BCUT2D eigenvalue weighted by Crippen LogP contribution is 2.33. The zero-order valence-electron chi connectivity index (χ0n) is 21.4. The molecule has 0 fully saturated rings. The molecule has 1 aliphatic heterocycles. The number of hydrogen-bond acceptors (Lipinski definition) is 5. The van der Waals surface area contributed by atoms with Crippen molar-refractivity contribution < 1.29 is 0 Å². The Morgan fingerprint density at radius 2 is 1.41 bits per heavy atom. The fourth-order valence-corrected chi connectivity index (χ4v) is 5.11. The predicted molar refractivity (Wildman–Crippen MR) is 158 cm³/mol. The molecule has 5 heteroatoms. The molecule has 0 aliphatic carbocycles. The van der Waals surface area contributed by atoms with Crippen LogP contribution in [-0.2, 0) is 0 Å². The highest BCUT2D eigenvalue weighted by atomic mass is 15.0. The summed E-state index contributed by atoms with van der Waals surface area (Å²) in [5.41, 5.74) is 8.50. The van der Waals surface area contributed by atoms with Crippen molar-refractivity contribution in [3.05, 3.63) is 133 Å². The largest absolute Gasteiger partial charge is 0.379 e. The lowest BCUT2D eigenvalue weighted by Gasteiger charge is -2.17. The first-order chi connectivity index (χ1) is 19.2. The molecule has 3 aromatic heterocycles. The average molecular weight is 504 g/mol. The fourth-order valence-electron chi connectivity index (χ4n) is 5.11. The molecule has 7 rings (SSSR count). The van der Waals surface area contributed by atoms with Gasteiger partial charge in [0, 0.05) is 22.0 Å². The Morgan fingerprint density at radius 1 is 0.641 bits per heavy atom. The zero-order valence-corrected chi connectivity index (χ0v) is 21.4. The normalized spacial score (nSPS) is 14.5. The van der Waals surface area contributed by atoms with Crippen LogP contribution in [-0.4, -0.2) is 19.9 Å². The van der Waals surface area contributed by atoms with Gasteiger partial charge in [0.15, 0.2) is 5.82 Å². The molecule has 0 spiro atoms. The van der Waals surface area contributed by atoms with Crippen molar-refractivity contribution in [3.8, 4) is 33.9 Å². The Bertz CT molecular complexity index is 1890. The molecule has 186 valence electrons. The third-order valence-corrected chi connectivity index (χ3v) is 7.00. The van der Waals surface area contributed by atoms with Crippen molar-refractivity contribution >= 4 is 21.8 Å². The molecule has 1 N–H and O–H groups in total. The maximum Gasteiger partial charge on any atom is 0.179 e. The van der Waals surface area contributed by atoms with Gasteiger partial charge in [-0.05, 0) is 48.5 Å². The van der Waals surface area contributed by atoms with E-state index in [9.17, 15) is 0 Å². The van der Waals surface area contributed by atoms with Gasteiger partial charge in [0.2, 0.25) is 0 Å². The van der Waals surface area contributed by atoms with Gasteiger partial charge in [-0.2, -0.15) is 0 Å². The van der Waals surface area contributed by atoms with E-state index in [2.05, 4.69) is 72.1 Å². The molecule has 1 aliphatic rings. The second-order valence-corrected chi connectivity index (χ2v) is 9.66. The van der Waals surface area contributed by atoms with Crippen LogP contribution >= 0.6 is 0 Å². The maximum absolute atomic E-state index is 5.13. The first kappa shape index (κ1) is 23.0. The van der Waals surface area contributed by atoms with Gasteiger partial charge in [0.1, 0.15) is 5.69 Å². The van der Waals surface area contributed by atoms with Gasteiger partial charge in [-0.3, -0.25) is 4.98 Å². The summed E-state index contributed by atoms with van der Waals surface area (Å²) in [6, 6.07) is 33.1. The number of nitrogens with one attached hydrogen (secondary N) is 1. The first-order valence-electron chi connectivity index (χ1n) is 13.0. The molecule has 5 nitrogen and oxygen atoms in total. The molecule has 3 aromatic carbocycles. The summed E-state index contributed by atoms with van der Waals surface area (Å²) in [6.45, 7) is 2.03. The van der Waals surface area contributed by atoms with E-state index >= 15 is 0 Å². The Labute approximate surface area is 226 Å². The van der Waals surface area contributed by atoms with Crippen molar-refractivity contribution in [2.45, 2.75) is 13.0 Å². The molecule has 6 aromatic rings. The van der Waals surface area contributed by atoms with Crippen molar-refractivity contribution in [3.63, 3.8) is 0 Å². The molecule has 0 amide bonds. The van der Waals surface area contributed by atoms with Crippen molar-refractivity contribution in [1.29, 1.82) is 0 Å². The number of aromatic nitrogens is 4. The zero-order chi connectivity index (χ0) is 26.2. The minimum Gasteiger partial charge on any atom is -0.379 e. The lowest BCUT2D eigenvalue weighted by atomic mass is 9.99. The molecule has 4 heterocycles. The van der Waals surface area contributed by atoms with E-state index in [1.807, 2.05) is 61.7 Å². The highest BCUT2D eigenvalue weighted by molar-refractivity contribution is 6.08. The third-order valence-electron chi connectivity index (χ3n) is 7.00. The lowest BCUT2D eigenvalue weighted by molar-refractivity contribution is 0.719. The standard InChI is InChI=1S/C34H25N5/c1-22-20-27(23-10-4-2-5-11-23)26-17-15-25-16-18-29(37-32(25)33(26)36-22)34-38-30(24-12-6-3-7-13-24)21-31(39-34)28-14-8-9-19-35-28/h2-21,28,35H,1H3. The second kappa shape index (κ2) is 9.62. The van der Waals surface area contributed by atoms with E-state index in [0.717, 1.165) is 55.6 Å². The summed E-state index contributed by atoms with van der Waals surface area (Å²) >= 11 is 0. The van der Waals surface area contributed by atoms with Gasteiger partial charge in [0.05, 0.1) is 28.5 Å². The summed E-state index contributed by atoms with van der Waals surface area (Å²) in [5, 5.41) is 5.49. The minimum atomic E-state index is -0.0433. The van der Waals surface area contributed by atoms with E-state index in [1.165, 1.54) is 0 Å². The van der Waals surface area contributed by atoms with Crippen LogP contribution in [0, 0.1) is 6.92 Å². The number of fused-ring (bicyclic) bond motifs is 3. The van der Waals surface area contributed by atoms with Gasteiger partial charge >= 0.3 is 0 Å².